The van der Waals surface area contributed by atoms with Gasteiger partial charge in [0.1, 0.15) is 5.75 Å². The number of nitrogens with zero attached hydrogens (tertiary/aromatic N) is 1. The molecule has 0 saturated heterocycles. The standard InChI is InChI=1S/C19H22N2O3/c1-4-17(21)16(10-20)18(19(22)23)15-7-5-12-9-13(24-3)6-8-14(12)11(15)2/h5-9,16-18H,4,21H2,1-3H3,(H,22,23)/t16?,17-,18-/m1/s1. The largest absolute Gasteiger partial charge is 0.497 e. The highest BCUT2D eigenvalue weighted by Gasteiger charge is 2.34. The molecule has 0 radical (unpaired) electrons. The predicted octanol–water partition coefficient (Wildman–Crippen LogP) is 3.20. The fourth-order valence-corrected chi connectivity index (χ4v) is 3.10. The molecule has 0 amide bonds. The monoisotopic (exact) mass is 326 g/mol. The minimum absolute atomic E-state index is 0.484. The van der Waals surface area contributed by atoms with Gasteiger partial charge in [-0.2, -0.15) is 5.26 Å². The third-order valence-corrected chi connectivity index (χ3v) is 4.58. The Labute approximate surface area is 141 Å². The molecule has 5 heteroatoms. The SMILES string of the molecule is CC[C@@H](N)C(C#N)[C@H](C(=O)O)c1ccc2cc(OC)ccc2c1C. The maximum atomic E-state index is 11.9. The van der Waals surface area contributed by atoms with Gasteiger partial charge in [0.25, 0.3) is 0 Å². The zero-order valence-corrected chi connectivity index (χ0v) is 14.1. The van der Waals surface area contributed by atoms with Crippen LogP contribution < -0.4 is 10.5 Å². The van der Waals surface area contributed by atoms with E-state index in [1.54, 1.807) is 13.2 Å². The molecule has 2 aromatic carbocycles. The van der Waals surface area contributed by atoms with E-state index in [1.807, 2.05) is 38.1 Å². The number of rotatable bonds is 6. The van der Waals surface area contributed by atoms with Crippen LogP contribution in [-0.2, 0) is 4.79 Å². The molecule has 0 fully saturated rings. The number of carbonyl (C=O) groups is 1. The quantitative estimate of drug-likeness (QED) is 0.849. The maximum Gasteiger partial charge on any atom is 0.312 e. The molecule has 3 atom stereocenters. The summed E-state index contributed by atoms with van der Waals surface area (Å²) in [6.07, 6.45) is 0.547. The molecule has 1 unspecified atom stereocenters. The van der Waals surface area contributed by atoms with Gasteiger partial charge in [-0.25, -0.2) is 0 Å². The van der Waals surface area contributed by atoms with Gasteiger partial charge in [-0.3, -0.25) is 4.79 Å². The van der Waals surface area contributed by atoms with Gasteiger partial charge < -0.3 is 15.6 Å². The molecule has 0 bridgehead atoms. The summed E-state index contributed by atoms with van der Waals surface area (Å²) in [5.74, 6) is -2.01. The number of nitrogens with two attached hydrogens (primary N) is 1. The van der Waals surface area contributed by atoms with Crippen molar-refractivity contribution in [2.45, 2.75) is 32.2 Å². The number of ether oxygens (including phenoxy) is 1. The average Bonchev–Trinajstić information content (AvgIpc) is 2.59. The maximum absolute atomic E-state index is 11.9. The summed E-state index contributed by atoms with van der Waals surface area (Å²) in [6, 6.07) is 10.9. The third kappa shape index (κ3) is 3.19. The Kier molecular flexibility index (Phi) is 5.42. The van der Waals surface area contributed by atoms with Crippen LogP contribution in [0, 0.1) is 24.2 Å². The first-order chi connectivity index (χ1) is 11.4. The average molecular weight is 326 g/mol. The lowest BCUT2D eigenvalue weighted by molar-refractivity contribution is -0.139. The van der Waals surface area contributed by atoms with Crippen molar-refractivity contribution in [1.29, 1.82) is 5.26 Å². The van der Waals surface area contributed by atoms with Crippen LogP contribution in [0.4, 0.5) is 0 Å². The molecular formula is C19H22N2O3. The number of nitriles is 1. The van der Waals surface area contributed by atoms with Crippen molar-refractivity contribution in [2.24, 2.45) is 11.7 Å². The highest BCUT2D eigenvalue weighted by molar-refractivity contribution is 5.90. The van der Waals surface area contributed by atoms with Gasteiger partial charge in [0, 0.05) is 6.04 Å². The summed E-state index contributed by atoms with van der Waals surface area (Å²) in [5, 5.41) is 21.1. The number of benzene rings is 2. The first-order valence-corrected chi connectivity index (χ1v) is 7.89. The van der Waals surface area contributed by atoms with Gasteiger partial charge >= 0.3 is 5.97 Å². The van der Waals surface area contributed by atoms with Crippen LogP contribution in [-0.4, -0.2) is 24.2 Å². The lowest BCUT2D eigenvalue weighted by Gasteiger charge is -2.25. The number of hydrogen-bond acceptors (Lipinski definition) is 4. The second-order valence-electron chi connectivity index (χ2n) is 5.91. The molecule has 5 nitrogen and oxygen atoms in total. The molecule has 24 heavy (non-hydrogen) atoms. The molecular weight excluding hydrogens is 304 g/mol. The normalized spacial score (nSPS) is 14.6. The van der Waals surface area contributed by atoms with E-state index in [0.717, 1.165) is 22.1 Å². The van der Waals surface area contributed by atoms with Crippen molar-refractivity contribution in [3.63, 3.8) is 0 Å². The molecule has 0 aromatic heterocycles. The first-order valence-electron chi connectivity index (χ1n) is 7.89. The van der Waals surface area contributed by atoms with Gasteiger partial charge in [-0.15, -0.1) is 0 Å². The van der Waals surface area contributed by atoms with Crippen molar-refractivity contribution in [3.8, 4) is 11.8 Å². The fraction of sp³-hybridized carbons (Fsp3) is 0.368. The van der Waals surface area contributed by atoms with E-state index >= 15 is 0 Å². The Bertz CT molecular complexity index is 795. The Hall–Kier alpha value is -2.58. The molecule has 0 aliphatic carbocycles. The lowest BCUT2D eigenvalue weighted by atomic mass is 9.79. The number of carboxylic acids is 1. The molecule has 0 spiro atoms. The molecule has 2 aromatic rings. The van der Waals surface area contributed by atoms with E-state index in [-0.39, 0.29) is 0 Å². The summed E-state index contributed by atoms with van der Waals surface area (Å²) in [4.78, 5) is 11.9. The van der Waals surface area contributed by atoms with E-state index < -0.39 is 23.8 Å². The van der Waals surface area contributed by atoms with Crippen LogP contribution in [0.5, 0.6) is 5.75 Å². The Balaban J connectivity index is 2.61. The van der Waals surface area contributed by atoms with Gasteiger partial charge in [-0.05, 0) is 47.4 Å². The van der Waals surface area contributed by atoms with Gasteiger partial charge in [0.15, 0.2) is 0 Å². The van der Waals surface area contributed by atoms with Crippen LogP contribution in [0.25, 0.3) is 10.8 Å². The van der Waals surface area contributed by atoms with Crippen LogP contribution >= 0.6 is 0 Å². The van der Waals surface area contributed by atoms with E-state index in [0.29, 0.717) is 12.0 Å². The minimum Gasteiger partial charge on any atom is -0.497 e. The number of fused-ring (bicyclic) bond motifs is 1. The first kappa shape index (κ1) is 17.8. The van der Waals surface area contributed by atoms with Crippen molar-refractivity contribution in [2.75, 3.05) is 7.11 Å². The summed E-state index contributed by atoms with van der Waals surface area (Å²) >= 11 is 0. The number of hydrogen-bond donors (Lipinski definition) is 2. The fourth-order valence-electron chi connectivity index (χ4n) is 3.10. The zero-order chi connectivity index (χ0) is 17.9. The van der Waals surface area contributed by atoms with E-state index in [4.69, 9.17) is 10.5 Å². The Morgan fingerprint density at radius 1 is 1.38 bits per heavy atom. The minimum atomic E-state index is -1.03. The van der Waals surface area contributed by atoms with Crippen molar-refractivity contribution >= 4 is 16.7 Å². The third-order valence-electron chi connectivity index (χ3n) is 4.58. The highest BCUT2D eigenvalue weighted by Crippen LogP contribution is 2.34. The summed E-state index contributed by atoms with van der Waals surface area (Å²) in [5.41, 5.74) is 7.49. The molecule has 3 N–H and O–H groups in total. The molecule has 0 aliphatic rings. The smallest absolute Gasteiger partial charge is 0.312 e. The molecule has 126 valence electrons. The predicted molar refractivity (Wildman–Crippen MR) is 93.0 cm³/mol. The second kappa shape index (κ2) is 7.33. The number of aliphatic carboxylic acids is 1. The highest BCUT2D eigenvalue weighted by atomic mass is 16.5. The van der Waals surface area contributed by atoms with Crippen LogP contribution in [0.1, 0.15) is 30.4 Å². The van der Waals surface area contributed by atoms with Crippen LogP contribution in [0.2, 0.25) is 0 Å². The lowest BCUT2D eigenvalue weighted by Crippen LogP contribution is -2.36. The summed E-state index contributed by atoms with van der Waals surface area (Å²) < 4.78 is 5.23. The zero-order valence-electron chi connectivity index (χ0n) is 14.1. The molecule has 2 rings (SSSR count). The number of methoxy groups -OCH3 is 1. The van der Waals surface area contributed by atoms with Gasteiger partial charge in [0.05, 0.1) is 25.0 Å². The van der Waals surface area contributed by atoms with Crippen molar-refractivity contribution < 1.29 is 14.6 Å². The van der Waals surface area contributed by atoms with Crippen molar-refractivity contribution in [1.82, 2.24) is 0 Å². The van der Waals surface area contributed by atoms with Crippen LogP contribution in [0.3, 0.4) is 0 Å². The van der Waals surface area contributed by atoms with Crippen LogP contribution in [0.15, 0.2) is 30.3 Å². The Morgan fingerprint density at radius 2 is 2.08 bits per heavy atom. The number of aryl methyl sites for hydroxylation is 1. The van der Waals surface area contributed by atoms with Gasteiger partial charge in [0.2, 0.25) is 0 Å². The van der Waals surface area contributed by atoms with Crippen molar-refractivity contribution in [3.05, 3.63) is 41.5 Å². The topological polar surface area (TPSA) is 96.3 Å². The molecule has 0 heterocycles. The van der Waals surface area contributed by atoms with E-state index in [1.165, 1.54) is 0 Å². The molecule has 0 aliphatic heterocycles. The number of carboxylic acid groups (broad SMARTS) is 1. The molecule has 0 saturated carbocycles. The summed E-state index contributed by atoms with van der Waals surface area (Å²) in [7, 11) is 1.60. The van der Waals surface area contributed by atoms with Gasteiger partial charge in [-0.1, -0.05) is 25.1 Å². The van der Waals surface area contributed by atoms with E-state index in [9.17, 15) is 15.2 Å². The second-order valence-corrected chi connectivity index (χ2v) is 5.91. The Morgan fingerprint density at radius 3 is 2.62 bits per heavy atom. The van der Waals surface area contributed by atoms with E-state index in [2.05, 4.69) is 6.07 Å². The summed E-state index contributed by atoms with van der Waals surface area (Å²) in [6.45, 7) is 3.74.